The Morgan fingerprint density at radius 1 is 0.915 bits per heavy atom. The van der Waals surface area contributed by atoms with Gasteiger partial charge in [-0.1, -0.05) is 54.0 Å². The molecular weight excluding hydrogens is 971 g/mol. The smallest absolute Gasteiger partial charge is 0.248 e. The lowest BCUT2D eigenvalue weighted by Crippen LogP contribution is -2.60. The van der Waals surface area contributed by atoms with Crippen LogP contribution in [0.4, 0.5) is 0 Å². The molecule has 404 valence electrons. The summed E-state index contributed by atoms with van der Waals surface area (Å²) in [6, 6.07) is -7.90. The summed E-state index contributed by atoms with van der Waals surface area (Å²) in [7, 11) is 1.51. The number of β-amino-alcohol motifs (C(OH)–C–C–N with tert-alkyl or cyclic N) is 1. The largest absolute Gasteiger partial charge is 0.610 e. The second kappa shape index (κ2) is 32.1. The van der Waals surface area contributed by atoms with E-state index >= 15 is 0 Å². The van der Waals surface area contributed by atoms with Crippen LogP contribution < -0.4 is 54.4 Å². The van der Waals surface area contributed by atoms with Crippen molar-refractivity contribution >= 4 is 76.1 Å². The Morgan fingerprint density at radius 2 is 1.54 bits per heavy atom. The van der Waals surface area contributed by atoms with Gasteiger partial charge in [-0.3, -0.25) is 43.2 Å². The van der Waals surface area contributed by atoms with Gasteiger partial charge in [-0.15, -0.1) is 0 Å². The molecule has 1 aliphatic rings. The van der Waals surface area contributed by atoms with Crippen LogP contribution in [0.2, 0.25) is 0 Å². The van der Waals surface area contributed by atoms with Crippen molar-refractivity contribution in [1.29, 1.82) is 0 Å². The van der Waals surface area contributed by atoms with Gasteiger partial charge in [0.1, 0.15) is 29.9 Å². The zero-order chi connectivity index (χ0) is 54.3. The highest BCUT2D eigenvalue weighted by atomic mass is 32.2. The number of thioether (sulfide) groups is 1. The summed E-state index contributed by atoms with van der Waals surface area (Å²) in [5.74, 6) is -9.54. The number of rotatable bonds is 33. The molecule has 1 saturated heterocycles. The number of methoxy groups -OCH3 is 1. The normalized spacial score (nSPS) is 19.0. The molecule has 0 radical (unpaired) electrons. The standard InChI is InChI=1S/C44H77N11O14S2/c1-10-23(4)37(53-36(62)17-48-26(7)57)43(66)49-18-35(61)51-31(21-71(68)27(8)50-29(11-13-70-14-12-45)39(69-9)24(5)22(2)3)41(64)52-30(16-34(46)60)44(67)55-19-28(58)15-32(55)42(65)54-38(40(47)63)25(6)33(59)20-56/h11,22-25,28,30-33,37-39,50,56,58-59H,8,10,12-21,45H2,1-7,9H3,(H2,46,60)(H2,47,63)(H,48,57)(H,49,66)(H,51,61)(H,52,64)(H,53,62)(H,54,65)/b29-11-/t23-,24?,25-,28+,30-,31-,32+,33-,37+,38-,39?,71?/m0/s1. The Hall–Kier alpha value is -5.03. The van der Waals surface area contributed by atoms with Crippen molar-refractivity contribution in [3.8, 4) is 0 Å². The number of hydrogen-bond acceptors (Lipinski definition) is 17. The van der Waals surface area contributed by atoms with E-state index in [0.29, 0.717) is 30.2 Å². The number of aliphatic hydroxyl groups is 3. The molecule has 25 nitrogen and oxygen atoms in total. The quantitative estimate of drug-likeness (QED) is 0.0217. The van der Waals surface area contributed by atoms with Crippen molar-refractivity contribution in [2.75, 3.05) is 57.2 Å². The van der Waals surface area contributed by atoms with E-state index in [1.165, 1.54) is 32.7 Å². The van der Waals surface area contributed by atoms with Crippen LogP contribution in [-0.2, 0) is 59.1 Å². The van der Waals surface area contributed by atoms with Crippen LogP contribution in [0, 0.1) is 23.7 Å². The first kappa shape index (κ1) is 64.0. The molecule has 1 aliphatic heterocycles. The molecule has 0 aromatic carbocycles. The number of primary amides is 2. The van der Waals surface area contributed by atoms with Crippen molar-refractivity contribution in [3.05, 3.63) is 23.4 Å². The third-order valence-corrected chi connectivity index (χ3v) is 14.1. The fraction of sp³-hybridized carbons (Fsp3) is 0.705. The summed E-state index contributed by atoms with van der Waals surface area (Å²) in [4.78, 5) is 119. The molecule has 0 aromatic heterocycles. The second-order valence-electron chi connectivity index (χ2n) is 17.6. The minimum Gasteiger partial charge on any atom is -0.610 e. The van der Waals surface area contributed by atoms with Gasteiger partial charge < -0.3 is 83.9 Å². The fourth-order valence-electron chi connectivity index (χ4n) is 7.11. The van der Waals surface area contributed by atoms with Gasteiger partial charge in [0.15, 0.2) is 6.04 Å². The molecule has 3 unspecified atom stereocenters. The van der Waals surface area contributed by atoms with Crippen LogP contribution >= 0.6 is 11.8 Å². The maximum absolute atomic E-state index is 14.3. The lowest BCUT2D eigenvalue weighted by molar-refractivity contribution is -0.143. The number of amides is 9. The van der Waals surface area contributed by atoms with E-state index in [2.05, 4.69) is 43.8 Å². The molecule has 0 aliphatic carbocycles. The number of hydrogen-bond donors (Lipinski definition) is 13. The van der Waals surface area contributed by atoms with Gasteiger partial charge in [0.25, 0.3) is 0 Å². The molecule has 27 heteroatoms. The van der Waals surface area contributed by atoms with Gasteiger partial charge in [-0.25, -0.2) is 0 Å². The fourth-order valence-corrected chi connectivity index (χ4v) is 8.72. The summed E-state index contributed by atoms with van der Waals surface area (Å²) in [5, 5.41) is 47.4. The average Bonchev–Trinajstić information content (AvgIpc) is 3.71. The zero-order valence-electron chi connectivity index (χ0n) is 41.8. The Bertz CT molecular complexity index is 1880. The highest BCUT2D eigenvalue weighted by molar-refractivity contribution is 7.99. The van der Waals surface area contributed by atoms with E-state index in [1.807, 2.05) is 26.8 Å². The van der Waals surface area contributed by atoms with E-state index < -0.39 is 163 Å². The van der Waals surface area contributed by atoms with Crippen molar-refractivity contribution < 1.29 is 67.8 Å². The highest BCUT2D eigenvalue weighted by Crippen LogP contribution is 2.25. The summed E-state index contributed by atoms with van der Waals surface area (Å²) in [5.41, 5.74) is 17.2. The molecule has 1 rings (SSSR count). The zero-order valence-corrected chi connectivity index (χ0v) is 43.5. The van der Waals surface area contributed by atoms with Crippen LogP contribution in [0.1, 0.15) is 67.7 Å². The monoisotopic (exact) mass is 1050 g/mol. The average molecular weight is 1050 g/mol. The first-order chi connectivity index (χ1) is 33.2. The molecule has 0 aromatic rings. The molecule has 1 heterocycles. The number of carbonyl (C=O) groups is 9. The summed E-state index contributed by atoms with van der Waals surface area (Å²) >= 11 is -0.702. The topological polar surface area (TPSA) is 412 Å². The number of likely N-dealkylation sites (tertiary alicyclic amines) is 1. The van der Waals surface area contributed by atoms with Crippen LogP contribution in [0.5, 0.6) is 0 Å². The first-order valence-corrected chi connectivity index (χ1v) is 25.6. The minimum absolute atomic E-state index is 0.0626. The van der Waals surface area contributed by atoms with Crippen molar-refractivity contribution in [1.82, 2.24) is 42.1 Å². The Kier molecular flexibility index (Phi) is 29.0. The number of nitrogens with one attached hydrogen (secondary N) is 7. The van der Waals surface area contributed by atoms with Gasteiger partial charge in [-0.2, -0.15) is 11.8 Å². The van der Waals surface area contributed by atoms with Crippen molar-refractivity contribution in [2.45, 2.75) is 116 Å². The van der Waals surface area contributed by atoms with E-state index in [0.717, 1.165) is 4.90 Å². The highest BCUT2D eigenvalue weighted by Gasteiger charge is 2.44. The molecule has 16 N–H and O–H groups in total. The Labute approximate surface area is 422 Å². The van der Waals surface area contributed by atoms with Crippen molar-refractivity contribution in [2.24, 2.45) is 40.9 Å². The molecule has 71 heavy (non-hydrogen) atoms. The third kappa shape index (κ3) is 21.7. The predicted molar refractivity (Wildman–Crippen MR) is 265 cm³/mol. The number of nitrogens with two attached hydrogens (primary N) is 3. The van der Waals surface area contributed by atoms with Crippen LogP contribution in [-0.4, -0.2) is 184 Å². The summed E-state index contributed by atoms with van der Waals surface area (Å²) in [6.45, 7) is 13.8. The third-order valence-electron chi connectivity index (χ3n) is 11.8. The van der Waals surface area contributed by atoms with Gasteiger partial charge in [0, 0.05) is 67.8 Å². The lowest BCUT2D eigenvalue weighted by atomic mass is 9.90. The number of ether oxygens (including phenoxy) is 1. The van der Waals surface area contributed by atoms with Gasteiger partial charge in [-0.05, 0) is 24.3 Å². The molecule has 12 atom stereocenters. The summed E-state index contributed by atoms with van der Waals surface area (Å²) in [6.07, 6.45) is -2.36. The predicted octanol–water partition coefficient (Wildman–Crippen LogP) is -4.77. The van der Waals surface area contributed by atoms with Gasteiger partial charge in [0.05, 0.1) is 44.4 Å². The van der Waals surface area contributed by atoms with Crippen LogP contribution in [0.15, 0.2) is 23.4 Å². The van der Waals surface area contributed by atoms with E-state index in [1.54, 1.807) is 13.8 Å². The maximum atomic E-state index is 14.3. The SMILES string of the molecule is C=C(N/C(=C\CSCCN)C(OC)C(C)C(C)C)[S+]([O-])C[C@H](NC(=O)CNC(=O)[C@H](NC(=O)CNC(C)=O)[C@@H](C)CC)C(=O)N[C@@H](CC(N)=O)C(=O)N1C[C@H](O)C[C@@H]1C(=O)N[C@H](C(N)=O)[C@@H](C)[C@@H](O)CO. The summed E-state index contributed by atoms with van der Waals surface area (Å²) < 4.78 is 20.0. The maximum Gasteiger partial charge on any atom is 0.248 e. The van der Waals surface area contributed by atoms with E-state index in [4.69, 9.17) is 21.9 Å². The van der Waals surface area contributed by atoms with Gasteiger partial charge >= 0.3 is 0 Å². The lowest BCUT2D eigenvalue weighted by Gasteiger charge is -2.31. The number of aliphatic hydroxyl groups excluding tert-OH is 3. The van der Waals surface area contributed by atoms with Crippen molar-refractivity contribution in [3.63, 3.8) is 0 Å². The van der Waals surface area contributed by atoms with Crippen LogP contribution in [0.3, 0.4) is 0 Å². The number of nitrogens with zero attached hydrogens (tertiary/aromatic N) is 1. The molecule has 1 fully saturated rings. The van der Waals surface area contributed by atoms with Crippen LogP contribution in [0.25, 0.3) is 0 Å². The van der Waals surface area contributed by atoms with E-state index in [9.17, 15) is 63.0 Å². The van der Waals surface area contributed by atoms with E-state index in [-0.39, 0.29) is 23.3 Å². The Morgan fingerprint density at radius 3 is 2.07 bits per heavy atom. The molecule has 0 saturated carbocycles. The molecular formula is C44H77N11O14S2. The molecule has 9 amide bonds. The minimum atomic E-state index is -2.23. The number of carbonyl (C=O) groups excluding carboxylic acids is 9. The second-order valence-corrected chi connectivity index (χ2v) is 20.3. The molecule has 0 bridgehead atoms. The first-order valence-electron chi connectivity index (χ1n) is 23.2. The molecule has 0 spiro atoms. The van der Waals surface area contributed by atoms with Gasteiger partial charge in [0.2, 0.25) is 58.2 Å². The Balaban J connectivity index is 3.65.